The molecule has 0 aromatic rings. The lowest BCUT2D eigenvalue weighted by atomic mass is 9.82. The molecule has 0 aromatic carbocycles. The molecular formula is C20H26. The Morgan fingerprint density at radius 1 is 1.00 bits per heavy atom. The smallest absolute Gasteiger partial charge is 0.00202 e. The first-order chi connectivity index (χ1) is 9.62. The summed E-state index contributed by atoms with van der Waals surface area (Å²) in [6.45, 7) is 14.3. The van der Waals surface area contributed by atoms with E-state index in [0.29, 0.717) is 5.92 Å². The lowest BCUT2D eigenvalue weighted by Gasteiger charge is -2.23. The molecule has 1 aliphatic carbocycles. The Labute approximate surface area is 124 Å². The molecule has 106 valence electrons. The Balaban J connectivity index is 3.19. The van der Waals surface area contributed by atoms with E-state index in [9.17, 15) is 0 Å². The van der Waals surface area contributed by atoms with Crippen LogP contribution in [-0.2, 0) is 0 Å². The predicted octanol–water partition coefficient (Wildman–Crippen LogP) is 6.09. The number of hydrogen-bond donors (Lipinski definition) is 0. The van der Waals surface area contributed by atoms with E-state index in [4.69, 9.17) is 0 Å². The Kier molecular flexibility index (Phi) is 6.79. The molecule has 0 aromatic heterocycles. The summed E-state index contributed by atoms with van der Waals surface area (Å²) in [6.07, 6.45) is 18.7. The maximum atomic E-state index is 3.97. The highest BCUT2D eigenvalue weighted by atomic mass is 14.2. The van der Waals surface area contributed by atoms with Gasteiger partial charge in [-0.15, -0.1) is 0 Å². The van der Waals surface area contributed by atoms with Gasteiger partial charge in [-0.05, 0) is 48.0 Å². The fourth-order valence-corrected chi connectivity index (χ4v) is 2.39. The van der Waals surface area contributed by atoms with Gasteiger partial charge in [0.2, 0.25) is 0 Å². The Bertz CT molecular complexity index is 502. The van der Waals surface area contributed by atoms with Crippen molar-refractivity contribution in [3.05, 3.63) is 84.1 Å². The van der Waals surface area contributed by atoms with Crippen LogP contribution in [0.4, 0.5) is 0 Å². The van der Waals surface area contributed by atoms with Crippen molar-refractivity contribution in [2.75, 3.05) is 0 Å². The van der Waals surface area contributed by atoms with Crippen molar-refractivity contribution >= 4 is 0 Å². The quantitative estimate of drug-likeness (QED) is 0.528. The average molecular weight is 266 g/mol. The third-order valence-corrected chi connectivity index (χ3v) is 3.29. The molecule has 0 heterocycles. The summed E-state index contributed by atoms with van der Waals surface area (Å²) >= 11 is 0. The first-order valence-corrected chi connectivity index (χ1v) is 7.28. The molecule has 0 bridgehead atoms. The number of hydrogen-bond acceptors (Lipinski definition) is 0. The van der Waals surface area contributed by atoms with Gasteiger partial charge in [-0.25, -0.2) is 0 Å². The van der Waals surface area contributed by atoms with Gasteiger partial charge in [0.15, 0.2) is 0 Å². The fraction of sp³-hybridized carbons (Fsp3) is 0.300. The van der Waals surface area contributed by atoms with Crippen molar-refractivity contribution in [2.45, 2.75) is 33.6 Å². The Morgan fingerprint density at radius 3 is 2.25 bits per heavy atom. The summed E-state index contributed by atoms with van der Waals surface area (Å²) in [4.78, 5) is 0. The molecule has 0 fully saturated rings. The van der Waals surface area contributed by atoms with Crippen molar-refractivity contribution in [3.8, 4) is 0 Å². The summed E-state index contributed by atoms with van der Waals surface area (Å²) < 4.78 is 0. The molecule has 0 saturated heterocycles. The van der Waals surface area contributed by atoms with Crippen LogP contribution < -0.4 is 0 Å². The lowest BCUT2D eigenvalue weighted by Crippen LogP contribution is -2.04. The summed E-state index contributed by atoms with van der Waals surface area (Å²) in [6, 6.07) is 0. The first kappa shape index (κ1) is 16.2. The second-order valence-corrected chi connectivity index (χ2v) is 5.36. The van der Waals surface area contributed by atoms with E-state index < -0.39 is 0 Å². The molecule has 0 radical (unpaired) electrons. The second-order valence-electron chi connectivity index (χ2n) is 5.36. The standard InChI is InChI=1S/C20H26/c1-6-9-10-12-19-15-18(11-7-2)20(13-16(4)5)14-17(19)8-3/h6-13,16H,2-3,14-15H2,1,4-5H3/b9-6+,12-10-,18-11-,20-13-. The van der Waals surface area contributed by atoms with E-state index in [1.165, 1.54) is 22.3 Å². The molecule has 0 unspecified atom stereocenters. The van der Waals surface area contributed by atoms with Gasteiger partial charge in [0.25, 0.3) is 0 Å². The molecule has 1 rings (SSSR count). The average Bonchev–Trinajstić information content (AvgIpc) is 2.41. The van der Waals surface area contributed by atoms with Crippen LogP contribution in [0.25, 0.3) is 0 Å². The molecular weight excluding hydrogens is 240 g/mol. The molecule has 0 heteroatoms. The molecule has 0 spiro atoms. The Morgan fingerprint density at radius 2 is 1.70 bits per heavy atom. The normalized spacial score (nSPS) is 20.8. The molecule has 0 N–H and O–H groups in total. The lowest BCUT2D eigenvalue weighted by molar-refractivity contribution is 0.811. The van der Waals surface area contributed by atoms with Gasteiger partial charge in [0.1, 0.15) is 0 Å². The van der Waals surface area contributed by atoms with Gasteiger partial charge >= 0.3 is 0 Å². The predicted molar refractivity (Wildman–Crippen MR) is 91.6 cm³/mol. The van der Waals surface area contributed by atoms with Gasteiger partial charge in [-0.2, -0.15) is 0 Å². The van der Waals surface area contributed by atoms with Crippen LogP contribution >= 0.6 is 0 Å². The van der Waals surface area contributed by atoms with E-state index in [-0.39, 0.29) is 0 Å². The monoisotopic (exact) mass is 266 g/mol. The van der Waals surface area contributed by atoms with Crippen molar-refractivity contribution in [3.63, 3.8) is 0 Å². The topological polar surface area (TPSA) is 0 Å². The van der Waals surface area contributed by atoms with Crippen molar-refractivity contribution in [1.82, 2.24) is 0 Å². The highest BCUT2D eigenvalue weighted by Crippen LogP contribution is 2.35. The van der Waals surface area contributed by atoms with Gasteiger partial charge in [-0.3, -0.25) is 0 Å². The van der Waals surface area contributed by atoms with Gasteiger partial charge in [0, 0.05) is 0 Å². The van der Waals surface area contributed by atoms with Crippen LogP contribution in [0.15, 0.2) is 84.1 Å². The van der Waals surface area contributed by atoms with E-state index in [0.717, 1.165) is 12.8 Å². The second kappa shape index (κ2) is 8.37. The van der Waals surface area contributed by atoms with Crippen molar-refractivity contribution in [1.29, 1.82) is 0 Å². The van der Waals surface area contributed by atoms with Crippen LogP contribution in [-0.4, -0.2) is 0 Å². The largest absolute Gasteiger partial charge is 0.0991 e. The summed E-state index contributed by atoms with van der Waals surface area (Å²) in [5.74, 6) is 0.560. The summed E-state index contributed by atoms with van der Waals surface area (Å²) in [5, 5.41) is 0. The fourth-order valence-electron chi connectivity index (χ4n) is 2.39. The van der Waals surface area contributed by atoms with Gasteiger partial charge in [0.05, 0.1) is 0 Å². The third-order valence-electron chi connectivity index (χ3n) is 3.29. The third kappa shape index (κ3) is 4.70. The van der Waals surface area contributed by atoms with Crippen molar-refractivity contribution < 1.29 is 0 Å². The highest BCUT2D eigenvalue weighted by molar-refractivity contribution is 5.51. The zero-order valence-electron chi connectivity index (χ0n) is 13.0. The highest BCUT2D eigenvalue weighted by Gasteiger charge is 2.17. The molecule has 0 nitrogen and oxygen atoms in total. The van der Waals surface area contributed by atoms with Gasteiger partial charge < -0.3 is 0 Å². The van der Waals surface area contributed by atoms with Crippen LogP contribution in [0.2, 0.25) is 0 Å². The van der Waals surface area contributed by atoms with Crippen LogP contribution in [0.3, 0.4) is 0 Å². The van der Waals surface area contributed by atoms with Crippen molar-refractivity contribution in [2.24, 2.45) is 5.92 Å². The molecule has 0 amide bonds. The molecule has 1 aliphatic rings. The van der Waals surface area contributed by atoms with Gasteiger partial charge in [-0.1, -0.05) is 75.6 Å². The first-order valence-electron chi connectivity index (χ1n) is 7.28. The van der Waals surface area contributed by atoms with Crippen LogP contribution in [0.5, 0.6) is 0 Å². The van der Waals surface area contributed by atoms with Crippen LogP contribution in [0.1, 0.15) is 33.6 Å². The van der Waals surface area contributed by atoms with E-state index in [2.05, 4.69) is 57.4 Å². The zero-order valence-corrected chi connectivity index (χ0v) is 13.0. The van der Waals surface area contributed by atoms with E-state index in [1.54, 1.807) is 0 Å². The minimum absolute atomic E-state index is 0.560. The van der Waals surface area contributed by atoms with E-state index in [1.807, 2.05) is 25.2 Å². The molecule has 0 atom stereocenters. The van der Waals surface area contributed by atoms with E-state index >= 15 is 0 Å². The molecule has 0 aliphatic heterocycles. The summed E-state index contributed by atoms with van der Waals surface area (Å²) in [7, 11) is 0. The zero-order chi connectivity index (χ0) is 15.0. The minimum Gasteiger partial charge on any atom is -0.0991 e. The number of allylic oxidation sites excluding steroid dienone is 12. The van der Waals surface area contributed by atoms with Crippen LogP contribution in [0, 0.1) is 5.92 Å². The summed E-state index contributed by atoms with van der Waals surface area (Å²) in [5.41, 5.74) is 5.48. The SMILES string of the molecule is C=C/C=C1/CC(/C=C\C=C\C)=C(C=C)C/C1=C/C(C)C. The maximum Gasteiger partial charge on any atom is -0.00202 e. The Hall–Kier alpha value is -1.82. The molecule has 20 heavy (non-hydrogen) atoms. The molecule has 0 saturated carbocycles. The number of rotatable bonds is 5. The minimum atomic E-state index is 0.560. The maximum absolute atomic E-state index is 3.97.